The summed E-state index contributed by atoms with van der Waals surface area (Å²) in [5, 5.41) is 0. The maximum Gasteiger partial charge on any atom is 0.264 e. The molecule has 11 heavy (non-hydrogen) atoms. The smallest absolute Gasteiger partial charge is 0.264 e. The lowest BCUT2D eigenvalue weighted by atomic mass is 10.3. The monoisotopic (exact) mass is 166 g/mol. The van der Waals surface area contributed by atoms with Gasteiger partial charge in [-0.1, -0.05) is 6.08 Å². The van der Waals surface area contributed by atoms with Crippen LogP contribution < -0.4 is 5.56 Å². The Bertz CT molecular complexity index is 356. The molecule has 0 atom stereocenters. The zero-order valence-corrected chi connectivity index (χ0v) is 6.52. The summed E-state index contributed by atoms with van der Waals surface area (Å²) in [6, 6.07) is 0. The van der Waals surface area contributed by atoms with Crippen LogP contribution >= 0.6 is 11.8 Å². The fourth-order valence-electron chi connectivity index (χ4n) is 0.950. The topological polar surface area (TPSA) is 45.8 Å². The molecule has 0 saturated heterocycles. The van der Waals surface area contributed by atoms with Gasteiger partial charge in [-0.15, -0.1) is 11.8 Å². The van der Waals surface area contributed by atoms with E-state index in [0.29, 0.717) is 0 Å². The summed E-state index contributed by atoms with van der Waals surface area (Å²) in [7, 11) is 0. The molecule has 1 aliphatic rings. The summed E-state index contributed by atoms with van der Waals surface area (Å²) < 4.78 is 0. The number of aromatic nitrogens is 2. The predicted octanol–water partition coefficient (Wildman–Crippen LogP) is 0.889. The number of thioether (sulfide) groups is 1. The first kappa shape index (κ1) is 6.67. The van der Waals surface area contributed by atoms with E-state index >= 15 is 0 Å². The molecule has 4 heteroatoms. The number of hydrogen-bond donors (Lipinski definition) is 1. The van der Waals surface area contributed by atoms with Gasteiger partial charge in [0, 0.05) is 5.75 Å². The van der Waals surface area contributed by atoms with Gasteiger partial charge in [0.1, 0.15) is 0 Å². The largest absolute Gasteiger partial charge is 0.312 e. The van der Waals surface area contributed by atoms with Crippen LogP contribution in [0.4, 0.5) is 0 Å². The van der Waals surface area contributed by atoms with Gasteiger partial charge in [-0.25, -0.2) is 4.98 Å². The molecule has 0 aromatic carbocycles. The van der Waals surface area contributed by atoms with Crippen molar-refractivity contribution in [2.45, 2.75) is 4.90 Å². The lowest BCUT2D eigenvalue weighted by molar-refractivity contribution is 1.02. The van der Waals surface area contributed by atoms with Crippen molar-refractivity contribution in [3.05, 3.63) is 28.5 Å². The minimum Gasteiger partial charge on any atom is -0.312 e. The van der Waals surface area contributed by atoms with Crippen LogP contribution in [0.25, 0.3) is 6.08 Å². The van der Waals surface area contributed by atoms with Crippen molar-refractivity contribution in [1.29, 1.82) is 0 Å². The van der Waals surface area contributed by atoms with Crippen molar-refractivity contribution in [3.63, 3.8) is 0 Å². The molecule has 3 nitrogen and oxygen atoms in total. The normalized spacial score (nSPS) is 14.5. The van der Waals surface area contributed by atoms with E-state index in [2.05, 4.69) is 9.97 Å². The average molecular weight is 166 g/mol. The van der Waals surface area contributed by atoms with Crippen LogP contribution in [0.1, 0.15) is 5.69 Å². The Kier molecular flexibility index (Phi) is 1.54. The van der Waals surface area contributed by atoms with Crippen LogP contribution in [0.3, 0.4) is 0 Å². The molecule has 0 saturated carbocycles. The minimum atomic E-state index is -0.0376. The summed E-state index contributed by atoms with van der Waals surface area (Å²) in [4.78, 5) is 18.4. The van der Waals surface area contributed by atoms with Crippen LogP contribution in [0.15, 0.2) is 22.1 Å². The van der Waals surface area contributed by atoms with Crippen LogP contribution in [-0.4, -0.2) is 15.7 Å². The van der Waals surface area contributed by atoms with Gasteiger partial charge in [0.05, 0.1) is 16.9 Å². The summed E-state index contributed by atoms with van der Waals surface area (Å²) in [6.07, 6.45) is 5.30. The van der Waals surface area contributed by atoms with E-state index in [1.807, 2.05) is 12.2 Å². The number of aromatic amines is 1. The van der Waals surface area contributed by atoms with Crippen LogP contribution in [-0.2, 0) is 0 Å². The van der Waals surface area contributed by atoms with Gasteiger partial charge in [0.15, 0.2) is 0 Å². The third kappa shape index (κ3) is 1.09. The average Bonchev–Trinajstić information content (AvgIpc) is 2.06. The van der Waals surface area contributed by atoms with Crippen LogP contribution in [0.5, 0.6) is 0 Å². The van der Waals surface area contributed by atoms with Crippen molar-refractivity contribution in [2.75, 3.05) is 5.75 Å². The van der Waals surface area contributed by atoms with E-state index in [1.54, 1.807) is 0 Å². The van der Waals surface area contributed by atoms with Crippen molar-refractivity contribution in [1.82, 2.24) is 9.97 Å². The van der Waals surface area contributed by atoms with E-state index in [4.69, 9.17) is 0 Å². The fourth-order valence-corrected chi connectivity index (χ4v) is 1.77. The molecular formula is C7H6N2OS. The molecule has 1 aromatic heterocycles. The van der Waals surface area contributed by atoms with E-state index in [1.165, 1.54) is 18.1 Å². The molecule has 0 amide bonds. The molecule has 0 aliphatic carbocycles. The third-order valence-electron chi connectivity index (χ3n) is 1.44. The number of nitrogens with one attached hydrogen (secondary N) is 1. The number of rotatable bonds is 0. The second-order valence-corrected chi connectivity index (χ2v) is 3.19. The number of nitrogens with zero attached hydrogens (tertiary/aromatic N) is 1. The van der Waals surface area contributed by atoms with E-state index < -0.39 is 0 Å². The fraction of sp³-hybridized carbons (Fsp3) is 0.143. The minimum absolute atomic E-state index is 0.0376. The van der Waals surface area contributed by atoms with Crippen molar-refractivity contribution < 1.29 is 0 Å². The lowest BCUT2D eigenvalue weighted by Gasteiger charge is -2.05. The first-order valence-corrected chi connectivity index (χ1v) is 4.23. The first-order valence-electron chi connectivity index (χ1n) is 3.25. The van der Waals surface area contributed by atoms with E-state index in [-0.39, 0.29) is 5.56 Å². The Balaban J connectivity index is 2.69. The molecule has 0 unspecified atom stereocenters. The highest BCUT2D eigenvalue weighted by Crippen LogP contribution is 2.21. The zero-order valence-electron chi connectivity index (χ0n) is 5.70. The van der Waals surface area contributed by atoms with Crippen LogP contribution in [0.2, 0.25) is 0 Å². The Morgan fingerprint density at radius 1 is 1.64 bits per heavy atom. The lowest BCUT2D eigenvalue weighted by Crippen LogP contribution is -2.12. The van der Waals surface area contributed by atoms with Gasteiger partial charge < -0.3 is 4.98 Å². The molecule has 1 N–H and O–H groups in total. The first-order chi connectivity index (χ1) is 5.38. The van der Waals surface area contributed by atoms with Gasteiger partial charge in [0.25, 0.3) is 5.56 Å². The molecular weight excluding hydrogens is 160 g/mol. The molecule has 0 bridgehead atoms. The van der Waals surface area contributed by atoms with Crippen LogP contribution in [0, 0.1) is 0 Å². The number of hydrogen-bond acceptors (Lipinski definition) is 3. The number of fused-ring (bicyclic) bond motifs is 1. The van der Waals surface area contributed by atoms with Gasteiger partial charge in [0.2, 0.25) is 0 Å². The standard InChI is InChI=1S/C7H6N2OS/c10-7-6-5(8-4-9-7)2-1-3-11-6/h1-2,4H,3H2,(H,8,9,10). The van der Waals surface area contributed by atoms with Gasteiger partial charge in [-0.2, -0.15) is 0 Å². The summed E-state index contributed by atoms with van der Waals surface area (Å²) >= 11 is 1.52. The van der Waals surface area contributed by atoms with Gasteiger partial charge in [-0.3, -0.25) is 4.79 Å². The Labute approximate surface area is 67.6 Å². The zero-order chi connectivity index (χ0) is 7.68. The Hall–Kier alpha value is -1.03. The Morgan fingerprint density at radius 2 is 2.55 bits per heavy atom. The SMILES string of the molecule is O=c1[nH]cnc2c1SCC=C2. The maximum atomic E-state index is 11.1. The van der Waals surface area contributed by atoms with Crippen molar-refractivity contribution >= 4 is 17.8 Å². The molecule has 1 aromatic rings. The van der Waals surface area contributed by atoms with Gasteiger partial charge in [-0.05, 0) is 6.08 Å². The quantitative estimate of drug-likeness (QED) is 0.622. The molecule has 0 radical (unpaired) electrons. The molecule has 2 heterocycles. The highest BCUT2D eigenvalue weighted by atomic mass is 32.2. The van der Waals surface area contributed by atoms with Crippen molar-refractivity contribution in [3.8, 4) is 0 Å². The highest BCUT2D eigenvalue weighted by Gasteiger charge is 2.08. The molecule has 0 spiro atoms. The second-order valence-electron chi connectivity index (χ2n) is 2.16. The number of H-pyrrole nitrogens is 1. The molecule has 2 rings (SSSR count). The highest BCUT2D eigenvalue weighted by molar-refractivity contribution is 7.99. The van der Waals surface area contributed by atoms with Crippen molar-refractivity contribution in [2.24, 2.45) is 0 Å². The summed E-state index contributed by atoms with van der Waals surface area (Å²) in [5.74, 6) is 0.863. The second kappa shape index (κ2) is 2.54. The third-order valence-corrected chi connectivity index (χ3v) is 2.48. The molecule has 0 fully saturated rings. The predicted molar refractivity (Wildman–Crippen MR) is 44.6 cm³/mol. The Morgan fingerprint density at radius 3 is 3.36 bits per heavy atom. The molecule has 56 valence electrons. The maximum absolute atomic E-state index is 11.1. The molecule has 1 aliphatic heterocycles. The summed E-state index contributed by atoms with van der Waals surface area (Å²) in [5.41, 5.74) is 0.745. The summed E-state index contributed by atoms with van der Waals surface area (Å²) in [6.45, 7) is 0. The van der Waals surface area contributed by atoms with E-state index in [0.717, 1.165) is 16.3 Å². The van der Waals surface area contributed by atoms with E-state index in [9.17, 15) is 4.79 Å². The van der Waals surface area contributed by atoms with Gasteiger partial charge >= 0.3 is 0 Å².